The van der Waals surface area contributed by atoms with Crippen molar-refractivity contribution in [1.29, 1.82) is 0 Å². The van der Waals surface area contributed by atoms with E-state index in [-0.39, 0.29) is 15.8 Å². The molecule has 27 heavy (non-hydrogen) atoms. The Kier molecular flexibility index (Phi) is 4.48. The Balaban J connectivity index is 1.89. The zero-order valence-corrected chi connectivity index (χ0v) is 18.1. The van der Waals surface area contributed by atoms with Crippen molar-refractivity contribution in [3.63, 3.8) is 0 Å². The number of fused-ring (bicyclic) bond motifs is 5. The van der Waals surface area contributed by atoms with Gasteiger partial charge in [0, 0.05) is 0 Å². The molecule has 0 unspecified atom stereocenters. The molecular formula is C17H11Cl6NO3. The van der Waals surface area contributed by atoms with Crippen LogP contribution in [0.25, 0.3) is 0 Å². The molecule has 2 fully saturated rings. The van der Waals surface area contributed by atoms with Crippen LogP contribution >= 0.6 is 69.6 Å². The first-order chi connectivity index (χ1) is 12.6. The summed E-state index contributed by atoms with van der Waals surface area (Å²) in [7, 11) is 0. The second-order valence-corrected chi connectivity index (χ2v) is 9.77. The molecule has 0 aromatic heterocycles. The number of carbonyl (C=O) groups is 2. The summed E-state index contributed by atoms with van der Waals surface area (Å²) >= 11 is 38.8. The number of amides is 2. The van der Waals surface area contributed by atoms with E-state index in [1.54, 1.807) is 31.2 Å². The van der Waals surface area contributed by atoms with Crippen LogP contribution in [0.1, 0.15) is 6.92 Å². The average Bonchev–Trinajstić information content (AvgIpc) is 3.00. The van der Waals surface area contributed by atoms with E-state index in [4.69, 9.17) is 74.3 Å². The predicted molar refractivity (Wildman–Crippen MR) is 107 cm³/mol. The lowest BCUT2D eigenvalue weighted by Crippen LogP contribution is -2.50. The van der Waals surface area contributed by atoms with Gasteiger partial charge in [-0.05, 0) is 19.1 Å². The van der Waals surface area contributed by atoms with Crippen molar-refractivity contribution in [2.75, 3.05) is 11.5 Å². The number of allylic oxidation sites excluding steroid dienone is 2. The van der Waals surface area contributed by atoms with E-state index < -0.39 is 37.7 Å². The third-order valence-corrected chi connectivity index (χ3v) is 9.57. The SMILES string of the molecule is CCOc1ccccc1N1C(=O)[C@@H]2[C@@H](C1=O)[C@]1(Cl)C(Cl)=C(Cl)[C@]2(Cl)C1(Cl)Cl. The number of halogens is 6. The van der Waals surface area contributed by atoms with Crippen LogP contribution in [-0.4, -0.2) is 32.5 Å². The van der Waals surface area contributed by atoms with E-state index >= 15 is 0 Å². The lowest BCUT2D eigenvalue weighted by atomic mass is 9.84. The number of imide groups is 1. The standard InChI is InChI=1S/C17H11Cl6NO3/c1-2-27-8-6-4-3-5-7(8)24-13(25)9-10(14(24)26)16(21)12(19)11(18)15(9,20)17(16,22)23/h3-6,9-10H,2H2,1H3/t9-,10-,15-,16-/m0/s1. The van der Waals surface area contributed by atoms with Crippen LogP contribution in [0.15, 0.2) is 34.3 Å². The van der Waals surface area contributed by atoms with Crippen molar-refractivity contribution < 1.29 is 14.3 Å². The molecule has 1 aliphatic heterocycles. The molecule has 4 nitrogen and oxygen atoms in total. The Morgan fingerprint density at radius 1 is 0.963 bits per heavy atom. The highest BCUT2D eigenvalue weighted by molar-refractivity contribution is 6.67. The Labute approximate surface area is 185 Å². The molecule has 2 amide bonds. The van der Waals surface area contributed by atoms with Gasteiger partial charge in [0.1, 0.15) is 15.5 Å². The molecule has 0 N–H and O–H groups in total. The molecule has 1 saturated carbocycles. The van der Waals surface area contributed by atoms with E-state index in [2.05, 4.69) is 0 Å². The van der Waals surface area contributed by atoms with Gasteiger partial charge in [-0.3, -0.25) is 9.59 Å². The van der Waals surface area contributed by atoms with Crippen LogP contribution in [-0.2, 0) is 9.59 Å². The molecule has 0 radical (unpaired) electrons. The third kappa shape index (κ3) is 2.05. The van der Waals surface area contributed by atoms with Gasteiger partial charge in [0.05, 0.1) is 34.2 Å². The zero-order valence-electron chi connectivity index (χ0n) is 13.6. The molecule has 1 saturated heterocycles. The highest BCUT2D eigenvalue weighted by Gasteiger charge is 2.87. The maximum absolute atomic E-state index is 13.3. The van der Waals surface area contributed by atoms with Gasteiger partial charge in [-0.2, -0.15) is 0 Å². The summed E-state index contributed by atoms with van der Waals surface area (Å²) in [6.45, 7) is 2.14. The summed E-state index contributed by atoms with van der Waals surface area (Å²) in [5.41, 5.74) is 0.283. The van der Waals surface area contributed by atoms with Gasteiger partial charge in [0.15, 0.2) is 4.33 Å². The first kappa shape index (κ1) is 19.9. The number of hydrogen-bond acceptors (Lipinski definition) is 3. The van der Waals surface area contributed by atoms with Crippen molar-refractivity contribution in [3.8, 4) is 5.75 Å². The Hall–Kier alpha value is -0.360. The van der Waals surface area contributed by atoms with Gasteiger partial charge in [0.25, 0.3) is 0 Å². The molecule has 3 aliphatic rings. The van der Waals surface area contributed by atoms with Crippen molar-refractivity contribution in [2.45, 2.75) is 21.0 Å². The van der Waals surface area contributed by atoms with Crippen LogP contribution in [0.5, 0.6) is 5.75 Å². The average molecular weight is 490 g/mol. The molecular weight excluding hydrogens is 479 g/mol. The number of carbonyl (C=O) groups excluding carboxylic acids is 2. The molecule has 2 bridgehead atoms. The highest BCUT2D eigenvalue weighted by Crippen LogP contribution is 2.77. The van der Waals surface area contributed by atoms with Crippen molar-refractivity contribution in [1.82, 2.24) is 0 Å². The monoisotopic (exact) mass is 487 g/mol. The molecule has 10 heteroatoms. The lowest BCUT2D eigenvalue weighted by molar-refractivity contribution is -0.123. The minimum absolute atomic E-state index is 0.117. The minimum Gasteiger partial charge on any atom is -0.492 e. The number of ether oxygens (including phenoxy) is 1. The molecule has 4 rings (SSSR count). The fourth-order valence-corrected chi connectivity index (χ4v) is 7.08. The number of nitrogens with zero attached hydrogens (tertiary/aromatic N) is 1. The molecule has 1 aromatic carbocycles. The fourth-order valence-electron chi connectivity index (χ4n) is 4.15. The first-order valence-corrected chi connectivity index (χ1v) is 10.2. The highest BCUT2D eigenvalue weighted by atomic mass is 35.5. The number of hydrogen-bond donors (Lipinski definition) is 0. The number of benzene rings is 1. The summed E-state index contributed by atoms with van der Waals surface area (Å²) in [4.78, 5) is 24.0. The Morgan fingerprint density at radius 2 is 1.44 bits per heavy atom. The molecule has 1 heterocycles. The molecule has 0 spiro atoms. The van der Waals surface area contributed by atoms with E-state index in [1.807, 2.05) is 0 Å². The van der Waals surface area contributed by atoms with Gasteiger partial charge in [0.2, 0.25) is 11.8 Å². The molecule has 144 valence electrons. The van der Waals surface area contributed by atoms with Crippen molar-refractivity contribution in [3.05, 3.63) is 34.3 Å². The second-order valence-electron chi connectivity index (χ2n) is 6.49. The number of alkyl halides is 4. The summed E-state index contributed by atoms with van der Waals surface area (Å²) in [5, 5.41) is -0.235. The van der Waals surface area contributed by atoms with Gasteiger partial charge in [-0.1, -0.05) is 58.5 Å². The van der Waals surface area contributed by atoms with Crippen molar-refractivity contribution in [2.24, 2.45) is 11.8 Å². The second kappa shape index (κ2) is 6.07. The topological polar surface area (TPSA) is 46.6 Å². The summed E-state index contributed by atoms with van der Waals surface area (Å²) in [6, 6.07) is 6.66. The fraction of sp³-hybridized carbons (Fsp3) is 0.412. The lowest BCUT2D eigenvalue weighted by Gasteiger charge is -2.34. The Morgan fingerprint density at radius 3 is 1.93 bits per heavy atom. The van der Waals surface area contributed by atoms with Gasteiger partial charge in [-0.25, -0.2) is 4.90 Å². The smallest absolute Gasteiger partial charge is 0.240 e. The van der Waals surface area contributed by atoms with Crippen LogP contribution in [0, 0.1) is 11.8 Å². The van der Waals surface area contributed by atoms with Gasteiger partial charge < -0.3 is 4.74 Å². The summed E-state index contributed by atoms with van der Waals surface area (Å²) < 4.78 is 3.60. The minimum atomic E-state index is -1.94. The van der Waals surface area contributed by atoms with E-state index in [1.165, 1.54) is 0 Å². The van der Waals surface area contributed by atoms with E-state index in [9.17, 15) is 9.59 Å². The van der Waals surface area contributed by atoms with Crippen molar-refractivity contribution >= 4 is 87.1 Å². The maximum atomic E-state index is 13.3. The largest absolute Gasteiger partial charge is 0.492 e. The molecule has 4 atom stereocenters. The van der Waals surface area contributed by atoms with E-state index in [0.717, 1.165) is 4.90 Å². The zero-order chi connectivity index (χ0) is 19.9. The normalized spacial score (nSPS) is 36.6. The van der Waals surface area contributed by atoms with E-state index in [0.29, 0.717) is 12.4 Å². The number of anilines is 1. The van der Waals surface area contributed by atoms with Crippen LogP contribution in [0.3, 0.4) is 0 Å². The predicted octanol–water partition coefficient (Wildman–Crippen LogP) is 5.04. The third-order valence-electron chi connectivity index (χ3n) is 5.31. The van der Waals surface area contributed by atoms with Gasteiger partial charge >= 0.3 is 0 Å². The van der Waals surface area contributed by atoms with Gasteiger partial charge in [-0.15, -0.1) is 23.2 Å². The summed E-state index contributed by atoms with van der Waals surface area (Å²) in [5.74, 6) is -3.17. The number of rotatable bonds is 3. The van der Waals surface area contributed by atoms with Crippen LogP contribution in [0.2, 0.25) is 0 Å². The number of para-hydroxylation sites is 2. The molecule has 2 aliphatic carbocycles. The molecule has 1 aromatic rings. The summed E-state index contributed by atoms with van der Waals surface area (Å²) in [6.07, 6.45) is 0. The van der Waals surface area contributed by atoms with Crippen LogP contribution < -0.4 is 9.64 Å². The Bertz CT molecular complexity index is 872. The van der Waals surface area contributed by atoms with Crippen LogP contribution in [0.4, 0.5) is 5.69 Å². The first-order valence-electron chi connectivity index (χ1n) is 7.98. The maximum Gasteiger partial charge on any atom is 0.240 e. The quantitative estimate of drug-likeness (QED) is 0.441.